The van der Waals surface area contributed by atoms with Crippen molar-refractivity contribution < 1.29 is 9.53 Å². The van der Waals surface area contributed by atoms with Crippen LogP contribution in [-0.2, 0) is 0 Å². The maximum Gasteiger partial charge on any atom is 0.218 e. The fraction of sp³-hybridized carbons (Fsp3) is 0.133. The van der Waals surface area contributed by atoms with Gasteiger partial charge in [0.25, 0.3) is 0 Å². The van der Waals surface area contributed by atoms with Gasteiger partial charge in [-0.15, -0.1) is 5.92 Å². The molecule has 0 saturated carbocycles. The number of carbonyl (C=O) groups excluding carboxylic acids is 1. The maximum absolute atomic E-state index is 12.2. The Balaban J connectivity index is 2.18. The van der Waals surface area contributed by atoms with Gasteiger partial charge in [-0.3, -0.25) is 4.79 Å². The zero-order valence-electron chi connectivity index (χ0n) is 10.5. The van der Waals surface area contributed by atoms with Gasteiger partial charge < -0.3 is 4.74 Å². The molecule has 1 aromatic heterocycles. The number of benzene rings is 1. The van der Waals surface area contributed by atoms with Crippen LogP contribution >= 0.6 is 0 Å². The predicted molar refractivity (Wildman–Crippen MR) is 70.9 cm³/mol. The SMILES string of the molecule is CC#CCOc1cc(C(=O)c2ccccc2)ncn1. The number of ketones is 1. The summed E-state index contributed by atoms with van der Waals surface area (Å²) in [5.74, 6) is 5.66. The third-order valence-electron chi connectivity index (χ3n) is 2.38. The van der Waals surface area contributed by atoms with Gasteiger partial charge in [0.05, 0.1) is 0 Å². The molecule has 1 heterocycles. The molecule has 0 radical (unpaired) electrons. The molecule has 0 unspecified atom stereocenters. The van der Waals surface area contributed by atoms with E-state index in [1.807, 2.05) is 18.2 Å². The molecule has 0 N–H and O–H groups in total. The van der Waals surface area contributed by atoms with Crippen LogP contribution in [0.1, 0.15) is 23.0 Å². The summed E-state index contributed by atoms with van der Waals surface area (Å²) >= 11 is 0. The predicted octanol–water partition coefficient (Wildman–Crippen LogP) is 2.11. The third-order valence-corrected chi connectivity index (χ3v) is 2.38. The Morgan fingerprint density at radius 1 is 1.26 bits per heavy atom. The number of carbonyl (C=O) groups is 1. The molecule has 4 nitrogen and oxygen atoms in total. The van der Waals surface area contributed by atoms with E-state index in [9.17, 15) is 4.79 Å². The van der Waals surface area contributed by atoms with E-state index < -0.39 is 0 Å². The molecule has 0 spiro atoms. The fourth-order valence-electron chi connectivity index (χ4n) is 1.46. The zero-order chi connectivity index (χ0) is 13.5. The summed E-state index contributed by atoms with van der Waals surface area (Å²) in [7, 11) is 0. The van der Waals surface area contributed by atoms with Crippen molar-refractivity contribution in [3.8, 4) is 17.7 Å². The van der Waals surface area contributed by atoms with Gasteiger partial charge in [0, 0.05) is 11.6 Å². The van der Waals surface area contributed by atoms with Crippen molar-refractivity contribution in [1.29, 1.82) is 0 Å². The van der Waals surface area contributed by atoms with Gasteiger partial charge in [-0.25, -0.2) is 9.97 Å². The Morgan fingerprint density at radius 3 is 2.79 bits per heavy atom. The van der Waals surface area contributed by atoms with Crippen molar-refractivity contribution in [2.45, 2.75) is 6.92 Å². The molecule has 2 aromatic rings. The van der Waals surface area contributed by atoms with Gasteiger partial charge >= 0.3 is 0 Å². The van der Waals surface area contributed by atoms with E-state index in [0.717, 1.165) is 0 Å². The minimum absolute atomic E-state index is 0.158. The molecule has 94 valence electrons. The quantitative estimate of drug-likeness (QED) is 0.617. The van der Waals surface area contributed by atoms with Gasteiger partial charge in [-0.1, -0.05) is 36.3 Å². The van der Waals surface area contributed by atoms with Crippen LogP contribution in [0.15, 0.2) is 42.7 Å². The standard InChI is InChI=1S/C15H12N2O2/c1-2-3-9-19-14-10-13(16-11-17-14)15(18)12-7-5-4-6-8-12/h4-8,10-11H,9H2,1H3. The Bertz CT molecular complexity index is 627. The molecule has 1 aromatic carbocycles. The molecule has 19 heavy (non-hydrogen) atoms. The van der Waals surface area contributed by atoms with E-state index >= 15 is 0 Å². The molecule has 4 heteroatoms. The van der Waals surface area contributed by atoms with Gasteiger partial charge in [0.1, 0.15) is 12.0 Å². The first-order chi connectivity index (χ1) is 9.31. The summed E-state index contributed by atoms with van der Waals surface area (Å²) in [4.78, 5) is 20.1. The lowest BCUT2D eigenvalue weighted by atomic mass is 10.1. The summed E-state index contributed by atoms with van der Waals surface area (Å²) < 4.78 is 5.30. The zero-order valence-corrected chi connectivity index (χ0v) is 10.5. The number of ether oxygens (including phenoxy) is 1. The van der Waals surface area contributed by atoms with Gasteiger partial charge in [0.2, 0.25) is 11.7 Å². The van der Waals surface area contributed by atoms with E-state index in [1.165, 1.54) is 12.4 Å². The molecule has 0 aliphatic carbocycles. The molecular formula is C15H12N2O2. The van der Waals surface area contributed by atoms with Crippen molar-refractivity contribution in [3.63, 3.8) is 0 Å². The number of aromatic nitrogens is 2. The average molecular weight is 252 g/mol. The van der Waals surface area contributed by atoms with Gasteiger partial charge in [-0.2, -0.15) is 0 Å². The van der Waals surface area contributed by atoms with Crippen LogP contribution in [0.4, 0.5) is 0 Å². The second kappa shape index (κ2) is 6.31. The highest BCUT2D eigenvalue weighted by Gasteiger charge is 2.11. The van der Waals surface area contributed by atoms with Crippen LogP contribution in [0, 0.1) is 11.8 Å². The molecule has 0 aliphatic rings. The van der Waals surface area contributed by atoms with E-state index in [0.29, 0.717) is 17.1 Å². The first kappa shape index (κ1) is 12.8. The lowest BCUT2D eigenvalue weighted by Crippen LogP contribution is -2.06. The lowest BCUT2D eigenvalue weighted by molar-refractivity contribution is 0.103. The summed E-state index contributed by atoms with van der Waals surface area (Å²) in [6.07, 6.45) is 1.31. The Labute approximate surface area is 111 Å². The summed E-state index contributed by atoms with van der Waals surface area (Å²) in [5, 5.41) is 0. The molecule has 0 bridgehead atoms. The van der Waals surface area contributed by atoms with Crippen molar-refractivity contribution in [2.75, 3.05) is 6.61 Å². The first-order valence-corrected chi connectivity index (χ1v) is 5.75. The van der Waals surface area contributed by atoms with E-state index in [4.69, 9.17) is 4.74 Å². The molecular weight excluding hydrogens is 240 g/mol. The topological polar surface area (TPSA) is 52.1 Å². The highest BCUT2D eigenvalue weighted by molar-refractivity contribution is 6.07. The van der Waals surface area contributed by atoms with E-state index in [-0.39, 0.29) is 12.4 Å². The van der Waals surface area contributed by atoms with Crippen molar-refractivity contribution in [2.24, 2.45) is 0 Å². The van der Waals surface area contributed by atoms with Crippen LogP contribution in [0.25, 0.3) is 0 Å². The molecule has 0 saturated heterocycles. The minimum atomic E-state index is -0.158. The lowest BCUT2D eigenvalue weighted by Gasteiger charge is -2.03. The highest BCUT2D eigenvalue weighted by Crippen LogP contribution is 2.11. The molecule has 0 fully saturated rings. The summed E-state index contributed by atoms with van der Waals surface area (Å²) in [6.45, 7) is 1.97. The fourth-order valence-corrected chi connectivity index (χ4v) is 1.46. The molecule has 2 rings (SSSR count). The second-order valence-electron chi connectivity index (χ2n) is 3.65. The normalized spacial score (nSPS) is 9.32. The number of nitrogens with zero attached hydrogens (tertiary/aromatic N) is 2. The first-order valence-electron chi connectivity index (χ1n) is 5.75. The number of rotatable bonds is 4. The van der Waals surface area contributed by atoms with Crippen molar-refractivity contribution in [1.82, 2.24) is 9.97 Å². The highest BCUT2D eigenvalue weighted by atomic mass is 16.5. The maximum atomic E-state index is 12.2. The smallest absolute Gasteiger partial charge is 0.218 e. The van der Waals surface area contributed by atoms with Crippen molar-refractivity contribution >= 4 is 5.78 Å². The Hall–Kier alpha value is -2.67. The number of hydrogen-bond acceptors (Lipinski definition) is 4. The summed E-state index contributed by atoms with van der Waals surface area (Å²) in [5.41, 5.74) is 0.890. The third kappa shape index (κ3) is 3.39. The average Bonchev–Trinajstić information content (AvgIpc) is 2.48. The second-order valence-corrected chi connectivity index (χ2v) is 3.65. The molecule has 0 atom stereocenters. The largest absolute Gasteiger partial charge is 0.464 e. The van der Waals surface area contributed by atoms with Crippen LogP contribution in [-0.4, -0.2) is 22.4 Å². The minimum Gasteiger partial charge on any atom is -0.464 e. The Kier molecular flexibility index (Phi) is 4.25. The van der Waals surface area contributed by atoms with Crippen molar-refractivity contribution in [3.05, 3.63) is 54.0 Å². The number of hydrogen-bond donors (Lipinski definition) is 0. The molecule has 0 amide bonds. The van der Waals surface area contributed by atoms with Gasteiger partial charge in [-0.05, 0) is 6.92 Å². The van der Waals surface area contributed by atoms with Crippen LogP contribution in [0.3, 0.4) is 0 Å². The van der Waals surface area contributed by atoms with E-state index in [1.54, 1.807) is 19.1 Å². The van der Waals surface area contributed by atoms with Gasteiger partial charge in [0.15, 0.2) is 6.61 Å². The Morgan fingerprint density at radius 2 is 2.05 bits per heavy atom. The molecule has 0 aliphatic heterocycles. The van der Waals surface area contributed by atoms with Crippen LogP contribution in [0.5, 0.6) is 5.88 Å². The van der Waals surface area contributed by atoms with Crippen LogP contribution < -0.4 is 4.74 Å². The van der Waals surface area contributed by atoms with E-state index in [2.05, 4.69) is 21.8 Å². The van der Waals surface area contributed by atoms with Crippen LogP contribution in [0.2, 0.25) is 0 Å². The monoisotopic (exact) mass is 252 g/mol. The summed E-state index contributed by atoms with van der Waals surface area (Å²) in [6, 6.07) is 10.5.